The van der Waals surface area contributed by atoms with E-state index in [2.05, 4.69) is 100 Å². The Morgan fingerprint density at radius 3 is 2.25 bits per heavy atom. The van der Waals surface area contributed by atoms with Gasteiger partial charge in [-0.2, -0.15) is 5.10 Å². The summed E-state index contributed by atoms with van der Waals surface area (Å²) in [5.74, 6) is 0. The number of halogens is 1. The number of nitrogens with zero attached hydrogens (tertiary/aromatic N) is 2. The highest BCUT2D eigenvalue weighted by Gasteiger charge is 2.29. The van der Waals surface area contributed by atoms with E-state index in [-0.39, 0.29) is 6.04 Å². The molecule has 3 aromatic carbocycles. The molecule has 0 spiro atoms. The minimum Gasteiger partial charge on any atom is -0.257 e. The number of anilines is 1. The Bertz CT molecular complexity index is 859. The number of para-hydroxylation sites is 1. The fraction of sp³-hybridized carbons (Fsp3) is 0.0952. The molecule has 0 amide bonds. The van der Waals surface area contributed by atoms with Crippen LogP contribution >= 0.6 is 22.6 Å². The number of benzene rings is 3. The van der Waals surface area contributed by atoms with Gasteiger partial charge in [-0.25, -0.2) is 0 Å². The van der Waals surface area contributed by atoms with Gasteiger partial charge in [0.1, 0.15) is 0 Å². The van der Waals surface area contributed by atoms with Crippen molar-refractivity contribution in [3.63, 3.8) is 0 Å². The average Bonchev–Trinajstić information content (AvgIpc) is 3.09. The molecule has 1 unspecified atom stereocenters. The first-order valence-corrected chi connectivity index (χ1v) is 9.12. The van der Waals surface area contributed by atoms with Gasteiger partial charge >= 0.3 is 0 Å². The van der Waals surface area contributed by atoms with Gasteiger partial charge in [0, 0.05) is 9.99 Å². The Morgan fingerprint density at radius 1 is 0.833 bits per heavy atom. The molecule has 4 rings (SSSR count). The van der Waals surface area contributed by atoms with Crippen molar-refractivity contribution in [3.8, 4) is 0 Å². The smallest absolute Gasteiger partial charge is 0.0832 e. The molecule has 1 aliphatic heterocycles. The summed E-state index contributed by atoms with van der Waals surface area (Å²) >= 11 is 2.37. The zero-order valence-corrected chi connectivity index (χ0v) is 15.3. The highest BCUT2D eigenvalue weighted by atomic mass is 127. The van der Waals surface area contributed by atoms with Crippen molar-refractivity contribution >= 4 is 34.0 Å². The van der Waals surface area contributed by atoms with Crippen LogP contribution in [-0.2, 0) is 0 Å². The molecule has 24 heavy (non-hydrogen) atoms. The van der Waals surface area contributed by atoms with E-state index in [0.717, 1.165) is 17.8 Å². The number of rotatable bonds is 3. The molecule has 1 atom stereocenters. The summed E-state index contributed by atoms with van der Waals surface area (Å²) in [5, 5.41) is 7.12. The Hall–Kier alpha value is -2.14. The molecule has 0 bridgehead atoms. The molecule has 118 valence electrons. The van der Waals surface area contributed by atoms with Crippen molar-refractivity contribution in [2.24, 2.45) is 5.10 Å². The average molecular weight is 424 g/mol. The summed E-state index contributed by atoms with van der Waals surface area (Å²) in [6.45, 7) is 0. The quantitative estimate of drug-likeness (QED) is 0.497. The SMILES string of the molecule is Ic1cccc(C2CC(c3ccccc3)=NN2c2ccccc2)c1. The highest BCUT2D eigenvalue weighted by molar-refractivity contribution is 14.1. The maximum absolute atomic E-state index is 4.96. The molecular weight excluding hydrogens is 407 g/mol. The third kappa shape index (κ3) is 3.08. The number of hydrogen-bond donors (Lipinski definition) is 0. The van der Waals surface area contributed by atoms with Crippen molar-refractivity contribution in [3.05, 3.63) is 99.6 Å². The second kappa shape index (κ2) is 6.77. The predicted octanol–water partition coefficient (Wildman–Crippen LogP) is 5.65. The van der Waals surface area contributed by atoms with E-state index in [0.29, 0.717) is 0 Å². The van der Waals surface area contributed by atoms with Gasteiger partial charge in [-0.15, -0.1) is 0 Å². The second-order valence-electron chi connectivity index (χ2n) is 5.87. The van der Waals surface area contributed by atoms with Crippen LogP contribution in [-0.4, -0.2) is 5.71 Å². The minimum atomic E-state index is 0.234. The van der Waals surface area contributed by atoms with Crippen molar-refractivity contribution in [2.75, 3.05) is 5.01 Å². The van der Waals surface area contributed by atoms with E-state index < -0.39 is 0 Å². The summed E-state index contributed by atoms with van der Waals surface area (Å²) in [6.07, 6.45) is 0.916. The van der Waals surface area contributed by atoms with Crippen LogP contribution < -0.4 is 5.01 Å². The Labute approximate surface area is 156 Å². The first-order valence-electron chi connectivity index (χ1n) is 8.04. The molecule has 2 nitrogen and oxygen atoms in total. The zero-order valence-electron chi connectivity index (χ0n) is 13.1. The molecule has 3 aromatic rings. The normalized spacial score (nSPS) is 17.0. The lowest BCUT2D eigenvalue weighted by Crippen LogP contribution is -2.18. The van der Waals surface area contributed by atoms with E-state index in [4.69, 9.17) is 5.10 Å². The van der Waals surface area contributed by atoms with Crippen LogP contribution in [0.4, 0.5) is 5.69 Å². The van der Waals surface area contributed by atoms with Crippen LogP contribution in [0.1, 0.15) is 23.6 Å². The van der Waals surface area contributed by atoms with Crippen LogP contribution in [0, 0.1) is 3.57 Å². The first kappa shape index (κ1) is 15.4. The molecular formula is C21H17IN2. The first-order chi connectivity index (χ1) is 11.8. The third-order valence-electron chi connectivity index (χ3n) is 4.27. The van der Waals surface area contributed by atoms with E-state index in [1.807, 2.05) is 12.1 Å². The van der Waals surface area contributed by atoms with E-state index in [1.54, 1.807) is 0 Å². The van der Waals surface area contributed by atoms with Gasteiger partial charge in [0.15, 0.2) is 0 Å². The van der Waals surface area contributed by atoms with Gasteiger partial charge < -0.3 is 0 Å². The Morgan fingerprint density at radius 2 is 1.54 bits per heavy atom. The maximum atomic E-state index is 4.96. The Balaban J connectivity index is 1.76. The summed E-state index contributed by atoms with van der Waals surface area (Å²) in [7, 11) is 0. The lowest BCUT2D eigenvalue weighted by Gasteiger charge is -2.24. The number of hydrazone groups is 1. The van der Waals surface area contributed by atoms with E-state index >= 15 is 0 Å². The van der Waals surface area contributed by atoms with Crippen LogP contribution in [0.3, 0.4) is 0 Å². The van der Waals surface area contributed by atoms with Gasteiger partial charge in [0.25, 0.3) is 0 Å². The molecule has 0 saturated heterocycles. The molecule has 1 aliphatic rings. The minimum absolute atomic E-state index is 0.234. The van der Waals surface area contributed by atoms with Gasteiger partial charge in [-0.1, -0.05) is 60.7 Å². The van der Waals surface area contributed by atoms with Gasteiger partial charge in [-0.3, -0.25) is 5.01 Å². The van der Waals surface area contributed by atoms with E-state index in [1.165, 1.54) is 14.7 Å². The fourth-order valence-electron chi connectivity index (χ4n) is 3.11. The molecule has 0 N–H and O–H groups in total. The third-order valence-corrected chi connectivity index (χ3v) is 4.94. The van der Waals surface area contributed by atoms with E-state index in [9.17, 15) is 0 Å². The van der Waals surface area contributed by atoms with Crippen LogP contribution in [0.25, 0.3) is 0 Å². The largest absolute Gasteiger partial charge is 0.257 e. The molecule has 0 aliphatic carbocycles. The van der Waals surface area contributed by atoms with Crippen molar-refractivity contribution < 1.29 is 0 Å². The van der Waals surface area contributed by atoms with Crippen molar-refractivity contribution in [1.29, 1.82) is 0 Å². The standard InChI is InChI=1S/C21H17IN2/c22-18-11-7-10-17(14-18)21-15-20(16-8-3-1-4-9-16)23-24(21)19-12-5-2-6-13-19/h1-14,21H,15H2. The monoisotopic (exact) mass is 424 g/mol. The summed E-state index contributed by atoms with van der Waals surface area (Å²) in [4.78, 5) is 0. The van der Waals surface area contributed by atoms with Gasteiger partial charge in [0.2, 0.25) is 0 Å². The second-order valence-corrected chi connectivity index (χ2v) is 7.11. The fourth-order valence-corrected chi connectivity index (χ4v) is 3.67. The van der Waals surface area contributed by atoms with Crippen molar-refractivity contribution in [2.45, 2.75) is 12.5 Å². The lowest BCUT2D eigenvalue weighted by atomic mass is 9.98. The Kier molecular flexibility index (Phi) is 4.34. The molecule has 0 radical (unpaired) electrons. The zero-order chi connectivity index (χ0) is 16.4. The van der Waals surface area contributed by atoms with Crippen LogP contribution in [0.5, 0.6) is 0 Å². The van der Waals surface area contributed by atoms with Crippen LogP contribution in [0.15, 0.2) is 90.0 Å². The van der Waals surface area contributed by atoms with Gasteiger partial charge in [0.05, 0.1) is 17.4 Å². The molecule has 0 fully saturated rings. The highest BCUT2D eigenvalue weighted by Crippen LogP contribution is 2.36. The van der Waals surface area contributed by atoms with Gasteiger partial charge in [-0.05, 0) is 58.0 Å². The topological polar surface area (TPSA) is 15.6 Å². The summed E-state index contributed by atoms with van der Waals surface area (Å²) < 4.78 is 1.26. The van der Waals surface area contributed by atoms with Crippen LogP contribution in [0.2, 0.25) is 0 Å². The predicted molar refractivity (Wildman–Crippen MR) is 108 cm³/mol. The summed E-state index contributed by atoms with van der Waals surface area (Å²) in [5.41, 5.74) is 4.78. The molecule has 3 heteroatoms. The lowest BCUT2D eigenvalue weighted by molar-refractivity contribution is 0.708. The maximum Gasteiger partial charge on any atom is 0.0832 e. The summed E-state index contributed by atoms with van der Waals surface area (Å²) in [6, 6.07) is 29.8. The van der Waals surface area contributed by atoms with Crippen molar-refractivity contribution in [1.82, 2.24) is 0 Å². The molecule has 0 saturated carbocycles. The molecule has 1 heterocycles. The number of hydrogen-bond acceptors (Lipinski definition) is 2. The molecule has 0 aromatic heterocycles.